The van der Waals surface area contributed by atoms with E-state index in [1.807, 2.05) is 0 Å². The molecule has 110 valence electrons. The number of benzene rings is 1. The molecule has 0 nitrogen and oxygen atoms in total. The molecule has 3 heteroatoms. The lowest BCUT2D eigenvalue weighted by Gasteiger charge is -2.23. The van der Waals surface area contributed by atoms with Crippen molar-refractivity contribution in [2.45, 2.75) is 58.9 Å². The summed E-state index contributed by atoms with van der Waals surface area (Å²) < 4.78 is 0. The van der Waals surface area contributed by atoms with Crippen molar-refractivity contribution in [3.63, 3.8) is 0 Å². The molecule has 1 aromatic carbocycles. The van der Waals surface area contributed by atoms with Crippen LogP contribution in [0.3, 0.4) is 0 Å². The van der Waals surface area contributed by atoms with E-state index >= 15 is 0 Å². The number of hydrogen-bond donors (Lipinski definition) is 0. The summed E-state index contributed by atoms with van der Waals surface area (Å²) in [5.74, 6) is 3.47. The van der Waals surface area contributed by atoms with Crippen molar-refractivity contribution >= 4 is 34.6 Å². The topological polar surface area (TPSA) is 0 Å². The standard InChI is InChI=1S/C17H30Si3/c1-18(2,3)11-10-15-12-16(19(4,5)6)14-17(13-15)20(7,8)9/h12-14H,1-9H3. The minimum Gasteiger partial charge on any atom is -0.127 e. The molecule has 0 aliphatic carbocycles. The molecule has 0 aliphatic heterocycles. The molecule has 0 saturated heterocycles. The van der Waals surface area contributed by atoms with Crippen LogP contribution in [0.4, 0.5) is 0 Å². The first-order valence-electron chi connectivity index (χ1n) is 7.48. The highest BCUT2D eigenvalue weighted by Gasteiger charge is 2.22. The van der Waals surface area contributed by atoms with Crippen LogP contribution in [0.1, 0.15) is 5.56 Å². The molecular weight excluding hydrogens is 288 g/mol. The summed E-state index contributed by atoms with van der Waals surface area (Å²) in [6.45, 7) is 21.5. The fourth-order valence-corrected chi connectivity index (χ4v) is 4.84. The summed E-state index contributed by atoms with van der Waals surface area (Å²) in [6.07, 6.45) is 0. The molecule has 0 atom stereocenters. The van der Waals surface area contributed by atoms with Gasteiger partial charge in [-0.25, -0.2) is 0 Å². The largest absolute Gasteiger partial charge is 0.129 e. The third-order valence-electron chi connectivity index (χ3n) is 3.25. The van der Waals surface area contributed by atoms with Gasteiger partial charge in [-0.1, -0.05) is 81.3 Å². The third kappa shape index (κ3) is 5.43. The summed E-state index contributed by atoms with van der Waals surface area (Å²) in [6, 6.07) is 7.17. The molecular formula is C17H30Si3. The van der Waals surface area contributed by atoms with Crippen LogP contribution in [0.25, 0.3) is 0 Å². The van der Waals surface area contributed by atoms with Crippen molar-refractivity contribution in [3.8, 4) is 11.5 Å². The van der Waals surface area contributed by atoms with E-state index in [1.165, 1.54) is 5.56 Å². The molecule has 0 amide bonds. The van der Waals surface area contributed by atoms with Crippen molar-refractivity contribution in [1.29, 1.82) is 0 Å². The van der Waals surface area contributed by atoms with E-state index in [1.54, 1.807) is 10.4 Å². The van der Waals surface area contributed by atoms with E-state index in [-0.39, 0.29) is 0 Å². The van der Waals surface area contributed by atoms with Crippen molar-refractivity contribution in [2.75, 3.05) is 0 Å². The highest BCUT2D eigenvalue weighted by molar-refractivity contribution is 6.91. The summed E-state index contributed by atoms with van der Waals surface area (Å²) in [7, 11) is -3.87. The molecule has 0 radical (unpaired) electrons. The van der Waals surface area contributed by atoms with Crippen LogP contribution in [-0.2, 0) is 0 Å². The molecule has 0 spiro atoms. The second-order valence-corrected chi connectivity index (χ2v) is 23.7. The Kier molecular flexibility index (Phi) is 4.95. The lowest BCUT2D eigenvalue weighted by Crippen LogP contribution is -2.45. The first-order chi connectivity index (χ1) is 8.79. The predicted octanol–water partition coefficient (Wildman–Crippen LogP) is 4.01. The smallest absolute Gasteiger partial charge is 0.127 e. The highest BCUT2D eigenvalue weighted by atomic mass is 28.3. The van der Waals surface area contributed by atoms with Gasteiger partial charge in [0.15, 0.2) is 0 Å². The monoisotopic (exact) mass is 318 g/mol. The van der Waals surface area contributed by atoms with Gasteiger partial charge in [0, 0.05) is 5.56 Å². The first-order valence-corrected chi connectivity index (χ1v) is 18.0. The third-order valence-corrected chi connectivity index (χ3v) is 8.16. The van der Waals surface area contributed by atoms with Crippen LogP contribution in [0.5, 0.6) is 0 Å². The second-order valence-electron chi connectivity index (χ2n) is 8.80. The maximum Gasteiger partial charge on any atom is 0.129 e. The quantitative estimate of drug-likeness (QED) is 0.571. The Labute approximate surface area is 129 Å². The van der Waals surface area contributed by atoms with Gasteiger partial charge < -0.3 is 0 Å². The zero-order valence-corrected chi connectivity index (χ0v) is 17.7. The van der Waals surface area contributed by atoms with E-state index in [4.69, 9.17) is 0 Å². The van der Waals surface area contributed by atoms with E-state index < -0.39 is 24.2 Å². The molecule has 0 aliphatic rings. The van der Waals surface area contributed by atoms with Crippen molar-refractivity contribution in [3.05, 3.63) is 23.8 Å². The molecule has 1 aromatic rings. The van der Waals surface area contributed by atoms with Crippen LogP contribution in [0, 0.1) is 11.5 Å². The van der Waals surface area contributed by atoms with Gasteiger partial charge in [-0.05, 0) is 12.1 Å². The minimum atomic E-state index is -1.30. The maximum absolute atomic E-state index is 3.52. The van der Waals surface area contributed by atoms with Crippen LogP contribution >= 0.6 is 0 Å². The van der Waals surface area contributed by atoms with Gasteiger partial charge in [0.25, 0.3) is 0 Å². The molecule has 0 unspecified atom stereocenters. The van der Waals surface area contributed by atoms with Crippen LogP contribution < -0.4 is 10.4 Å². The number of hydrogen-bond acceptors (Lipinski definition) is 0. The fraction of sp³-hybridized carbons (Fsp3) is 0.529. The maximum atomic E-state index is 3.52. The van der Waals surface area contributed by atoms with Gasteiger partial charge in [0.05, 0.1) is 16.1 Å². The van der Waals surface area contributed by atoms with Crippen molar-refractivity contribution in [1.82, 2.24) is 0 Å². The summed E-state index contributed by atoms with van der Waals surface area (Å²) in [5, 5.41) is 3.11. The first kappa shape index (κ1) is 17.5. The lowest BCUT2D eigenvalue weighted by atomic mass is 10.2. The van der Waals surface area contributed by atoms with E-state index in [9.17, 15) is 0 Å². The van der Waals surface area contributed by atoms with Crippen molar-refractivity contribution < 1.29 is 0 Å². The Hall–Kier alpha value is -0.569. The Morgan fingerprint density at radius 1 is 0.650 bits per heavy atom. The average molecular weight is 319 g/mol. The molecule has 20 heavy (non-hydrogen) atoms. The minimum absolute atomic E-state index is 1.24. The van der Waals surface area contributed by atoms with Gasteiger partial charge in [-0.15, -0.1) is 5.54 Å². The van der Waals surface area contributed by atoms with E-state index in [0.29, 0.717) is 0 Å². The number of rotatable bonds is 2. The van der Waals surface area contributed by atoms with E-state index in [0.717, 1.165) is 0 Å². The Bertz CT molecular complexity index is 509. The van der Waals surface area contributed by atoms with E-state index in [2.05, 4.69) is 88.6 Å². The van der Waals surface area contributed by atoms with Crippen LogP contribution in [-0.4, -0.2) is 24.2 Å². The lowest BCUT2D eigenvalue weighted by molar-refractivity contribution is 1.63. The molecule has 0 N–H and O–H groups in total. The van der Waals surface area contributed by atoms with Gasteiger partial charge in [-0.3, -0.25) is 0 Å². The predicted molar refractivity (Wildman–Crippen MR) is 103 cm³/mol. The molecule has 0 bridgehead atoms. The molecule has 1 rings (SSSR count). The summed E-state index contributed by atoms with van der Waals surface area (Å²) in [4.78, 5) is 0. The van der Waals surface area contributed by atoms with Crippen molar-refractivity contribution in [2.24, 2.45) is 0 Å². The Morgan fingerprint density at radius 3 is 1.35 bits per heavy atom. The Morgan fingerprint density at radius 2 is 1.05 bits per heavy atom. The molecule has 0 aromatic heterocycles. The van der Waals surface area contributed by atoms with Gasteiger partial charge >= 0.3 is 0 Å². The summed E-state index contributed by atoms with van der Waals surface area (Å²) >= 11 is 0. The van der Waals surface area contributed by atoms with Gasteiger partial charge in [-0.2, -0.15) is 0 Å². The second kappa shape index (κ2) is 5.67. The molecule has 0 fully saturated rings. The van der Waals surface area contributed by atoms with Crippen LogP contribution in [0.2, 0.25) is 58.9 Å². The zero-order chi connectivity index (χ0) is 15.8. The van der Waals surface area contributed by atoms with Crippen LogP contribution in [0.15, 0.2) is 18.2 Å². The Balaban J connectivity index is 3.42. The molecule has 0 saturated carbocycles. The fourth-order valence-electron chi connectivity index (χ4n) is 1.83. The molecule has 0 heterocycles. The van der Waals surface area contributed by atoms with Gasteiger partial charge in [0.2, 0.25) is 0 Å². The average Bonchev–Trinajstić information content (AvgIpc) is 2.22. The SMILES string of the molecule is C[Si](C)(C)C#Cc1cc([Si](C)(C)C)cc([Si](C)(C)C)c1. The highest BCUT2D eigenvalue weighted by Crippen LogP contribution is 2.09. The zero-order valence-electron chi connectivity index (χ0n) is 14.7. The summed E-state index contributed by atoms with van der Waals surface area (Å²) in [5.41, 5.74) is 4.76. The normalized spacial score (nSPS) is 12.8. The van der Waals surface area contributed by atoms with Gasteiger partial charge in [0.1, 0.15) is 8.07 Å².